The first-order valence-electron chi connectivity index (χ1n) is 6.26. The summed E-state index contributed by atoms with van der Waals surface area (Å²) < 4.78 is 11.4. The Morgan fingerprint density at radius 3 is 2.59 bits per heavy atom. The number of rotatable bonds is 7. The van der Waals surface area contributed by atoms with Crippen LogP contribution < -0.4 is 15.2 Å². The Kier molecular flexibility index (Phi) is 5.84. The molecule has 2 N–H and O–H groups in total. The van der Waals surface area contributed by atoms with E-state index in [0.29, 0.717) is 25.7 Å². The Morgan fingerprint density at radius 2 is 2.00 bits per heavy atom. The lowest BCUT2D eigenvalue weighted by Gasteiger charge is -2.16. The number of hydrogen-bond acceptors (Lipinski definition) is 3. The minimum atomic E-state index is 0.496. The Bertz CT molecular complexity index is 313. The van der Waals surface area contributed by atoms with Crippen LogP contribution in [-0.2, 0) is 6.42 Å². The van der Waals surface area contributed by atoms with Crippen LogP contribution in [0.15, 0.2) is 18.2 Å². The van der Waals surface area contributed by atoms with Crippen molar-refractivity contribution in [3.63, 3.8) is 0 Å². The van der Waals surface area contributed by atoms with E-state index in [1.54, 1.807) is 0 Å². The zero-order valence-electron chi connectivity index (χ0n) is 11.0. The van der Waals surface area contributed by atoms with Gasteiger partial charge in [0, 0.05) is 0 Å². The molecular weight excluding hydrogens is 214 g/mol. The molecule has 0 aromatic heterocycles. The Morgan fingerprint density at radius 1 is 1.24 bits per heavy atom. The fraction of sp³-hybridized carbons (Fsp3) is 0.571. The quantitative estimate of drug-likeness (QED) is 0.793. The second-order valence-electron chi connectivity index (χ2n) is 4.42. The SMILES string of the molecule is CCOc1cccc(CCN)c1OCC(C)C. The monoisotopic (exact) mass is 237 g/mol. The first kappa shape index (κ1) is 13.8. The molecular formula is C14H23NO2. The molecule has 1 aromatic rings. The number of hydrogen-bond donors (Lipinski definition) is 1. The highest BCUT2D eigenvalue weighted by molar-refractivity contribution is 5.46. The van der Waals surface area contributed by atoms with Crippen molar-refractivity contribution in [1.82, 2.24) is 0 Å². The van der Waals surface area contributed by atoms with Crippen molar-refractivity contribution < 1.29 is 9.47 Å². The first-order chi connectivity index (χ1) is 8.19. The van der Waals surface area contributed by atoms with E-state index in [1.165, 1.54) is 0 Å². The van der Waals surface area contributed by atoms with Gasteiger partial charge in [-0.15, -0.1) is 0 Å². The summed E-state index contributed by atoms with van der Waals surface area (Å²) >= 11 is 0. The van der Waals surface area contributed by atoms with Crippen LogP contribution in [0, 0.1) is 5.92 Å². The molecule has 0 aliphatic carbocycles. The van der Waals surface area contributed by atoms with Gasteiger partial charge in [0.2, 0.25) is 0 Å². The summed E-state index contributed by atoms with van der Waals surface area (Å²) in [6, 6.07) is 5.97. The molecule has 0 aliphatic heterocycles. The van der Waals surface area contributed by atoms with E-state index in [-0.39, 0.29) is 0 Å². The summed E-state index contributed by atoms with van der Waals surface area (Å²) in [5.41, 5.74) is 6.74. The van der Waals surface area contributed by atoms with E-state index in [2.05, 4.69) is 13.8 Å². The highest BCUT2D eigenvalue weighted by Crippen LogP contribution is 2.32. The van der Waals surface area contributed by atoms with E-state index < -0.39 is 0 Å². The van der Waals surface area contributed by atoms with Crippen molar-refractivity contribution in [1.29, 1.82) is 0 Å². The molecule has 0 aliphatic rings. The predicted octanol–water partition coefficient (Wildman–Crippen LogP) is 2.62. The third-order valence-electron chi connectivity index (χ3n) is 2.33. The van der Waals surface area contributed by atoms with Crippen LogP contribution in [0.5, 0.6) is 11.5 Å². The van der Waals surface area contributed by atoms with Gasteiger partial charge in [0.15, 0.2) is 11.5 Å². The predicted molar refractivity (Wildman–Crippen MR) is 70.7 cm³/mol. The fourth-order valence-electron chi connectivity index (χ4n) is 1.60. The van der Waals surface area contributed by atoms with Crippen molar-refractivity contribution in [2.75, 3.05) is 19.8 Å². The Labute approximate surface area is 104 Å². The standard InChI is InChI=1S/C14H23NO2/c1-4-16-13-7-5-6-12(8-9-15)14(13)17-10-11(2)3/h5-7,11H,4,8-10,15H2,1-3H3. The summed E-state index contributed by atoms with van der Waals surface area (Å²) in [7, 11) is 0. The summed E-state index contributed by atoms with van der Waals surface area (Å²) in [6.45, 7) is 8.19. The average molecular weight is 237 g/mol. The molecule has 0 unspecified atom stereocenters. The second kappa shape index (κ2) is 7.17. The minimum absolute atomic E-state index is 0.496. The molecule has 1 rings (SSSR count). The summed E-state index contributed by atoms with van der Waals surface area (Å²) in [5.74, 6) is 2.17. The zero-order valence-corrected chi connectivity index (χ0v) is 11.0. The molecule has 0 radical (unpaired) electrons. The average Bonchev–Trinajstić information content (AvgIpc) is 2.29. The van der Waals surface area contributed by atoms with Gasteiger partial charge < -0.3 is 15.2 Å². The van der Waals surface area contributed by atoms with Gasteiger partial charge in [0.05, 0.1) is 13.2 Å². The van der Waals surface area contributed by atoms with Crippen molar-refractivity contribution in [2.45, 2.75) is 27.2 Å². The molecule has 0 amide bonds. The number of ether oxygens (including phenoxy) is 2. The molecule has 3 nitrogen and oxygen atoms in total. The smallest absolute Gasteiger partial charge is 0.164 e. The summed E-state index contributed by atoms with van der Waals surface area (Å²) in [6.07, 6.45) is 0.814. The maximum atomic E-state index is 5.85. The Balaban J connectivity index is 2.91. The highest BCUT2D eigenvalue weighted by Gasteiger charge is 2.11. The third kappa shape index (κ3) is 4.27. The van der Waals surface area contributed by atoms with Gasteiger partial charge in [-0.25, -0.2) is 0 Å². The second-order valence-corrected chi connectivity index (χ2v) is 4.42. The molecule has 0 saturated heterocycles. The van der Waals surface area contributed by atoms with Gasteiger partial charge in [-0.1, -0.05) is 26.0 Å². The number of benzene rings is 1. The normalized spacial score (nSPS) is 10.6. The first-order valence-corrected chi connectivity index (χ1v) is 6.26. The van der Waals surface area contributed by atoms with Crippen LogP contribution in [-0.4, -0.2) is 19.8 Å². The minimum Gasteiger partial charge on any atom is -0.490 e. The van der Waals surface area contributed by atoms with E-state index in [1.807, 2.05) is 25.1 Å². The van der Waals surface area contributed by atoms with Crippen molar-refractivity contribution in [3.05, 3.63) is 23.8 Å². The molecule has 0 bridgehead atoms. The number of nitrogens with two attached hydrogens (primary N) is 1. The lowest BCUT2D eigenvalue weighted by atomic mass is 10.1. The van der Waals surface area contributed by atoms with Crippen molar-refractivity contribution in [2.24, 2.45) is 11.7 Å². The van der Waals surface area contributed by atoms with E-state index >= 15 is 0 Å². The molecule has 0 saturated carbocycles. The van der Waals surface area contributed by atoms with Gasteiger partial charge in [-0.05, 0) is 37.4 Å². The molecule has 1 aromatic carbocycles. The third-order valence-corrected chi connectivity index (χ3v) is 2.33. The highest BCUT2D eigenvalue weighted by atomic mass is 16.5. The maximum absolute atomic E-state index is 5.85. The zero-order chi connectivity index (χ0) is 12.7. The number of para-hydroxylation sites is 1. The van der Waals surface area contributed by atoms with E-state index in [9.17, 15) is 0 Å². The fourth-order valence-corrected chi connectivity index (χ4v) is 1.60. The van der Waals surface area contributed by atoms with Crippen LogP contribution in [0.25, 0.3) is 0 Å². The van der Waals surface area contributed by atoms with Crippen LogP contribution in [0.4, 0.5) is 0 Å². The van der Waals surface area contributed by atoms with Gasteiger partial charge in [0.1, 0.15) is 0 Å². The lowest BCUT2D eigenvalue weighted by molar-refractivity contribution is 0.246. The van der Waals surface area contributed by atoms with Crippen molar-refractivity contribution in [3.8, 4) is 11.5 Å². The van der Waals surface area contributed by atoms with Gasteiger partial charge in [-0.2, -0.15) is 0 Å². The van der Waals surface area contributed by atoms with Gasteiger partial charge in [-0.3, -0.25) is 0 Å². The largest absolute Gasteiger partial charge is 0.490 e. The molecule has 0 atom stereocenters. The molecule has 0 fully saturated rings. The van der Waals surface area contributed by atoms with Crippen LogP contribution >= 0.6 is 0 Å². The molecule has 0 heterocycles. The molecule has 0 spiro atoms. The van der Waals surface area contributed by atoms with Gasteiger partial charge in [0.25, 0.3) is 0 Å². The maximum Gasteiger partial charge on any atom is 0.164 e. The molecule has 96 valence electrons. The van der Waals surface area contributed by atoms with Crippen molar-refractivity contribution >= 4 is 0 Å². The Hall–Kier alpha value is -1.22. The topological polar surface area (TPSA) is 44.5 Å². The summed E-state index contributed by atoms with van der Waals surface area (Å²) in [4.78, 5) is 0. The molecule has 3 heteroatoms. The lowest BCUT2D eigenvalue weighted by Crippen LogP contribution is -2.10. The van der Waals surface area contributed by atoms with Crippen LogP contribution in [0.3, 0.4) is 0 Å². The van der Waals surface area contributed by atoms with E-state index in [4.69, 9.17) is 15.2 Å². The van der Waals surface area contributed by atoms with E-state index in [0.717, 1.165) is 23.5 Å². The molecule has 17 heavy (non-hydrogen) atoms. The van der Waals surface area contributed by atoms with Crippen LogP contribution in [0.2, 0.25) is 0 Å². The van der Waals surface area contributed by atoms with Crippen LogP contribution in [0.1, 0.15) is 26.3 Å². The summed E-state index contributed by atoms with van der Waals surface area (Å²) in [5, 5.41) is 0. The van der Waals surface area contributed by atoms with Gasteiger partial charge >= 0.3 is 0 Å².